The number of nitrogens with one attached hydrogen (secondary N) is 2. The maximum absolute atomic E-state index is 11.1. The molecule has 0 aromatic rings. The van der Waals surface area contributed by atoms with Crippen LogP contribution in [0.15, 0.2) is 0 Å². The topological polar surface area (TPSA) is 81.7 Å². The predicted molar refractivity (Wildman–Crippen MR) is 49.7 cm³/mol. The molecule has 3 amide bonds. The van der Waals surface area contributed by atoms with E-state index in [2.05, 4.69) is 10.6 Å². The highest BCUT2D eigenvalue weighted by Gasteiger charge is 2.27. The molecule has 0 radical (unpaired) electrons. The van der Waals surface area contributed by atoms with Gasteiger partial charge in [0.25, 0.3) is 0 Å². The fraction of sp³-hybridized carbons (Fsp3) is 0.750. The summed E-state index contributed by atoms with van der Waals surface area (Å²) in [6, 6.07) is -0.339. The molecule has 1 aliphatic heterocycles. The Hall–Kier alpha value is -1.14. The minimum Gasteiger partial charge on any atom is -0.392 e. The molecule has 0 aromatic heterocycles. The van der Waals surface area contributed by atoms with E-state index < -0.39 is 6.10 Å². The Morgan fingerprint density at radius 1 is 1.64 bits per heavy atom. The summed E-state index contributed by atoms with van der Waals surface area (Å²) in [6.07, 6.45) is -0.418. The molecule has 6 heteroatoms. The molecule has 1 heterocycles. The lowest BCUT2D eigenvalue weighted by Crippen LogP contribution is -2.38. The van der Waals surface area contributed by atoms with Gasteiger partial charge in [0.15, 0.2) is 0 Å². The summed E-state index contributed by atoms with van der Waals surface area (Å²) in [7, 11) is 0. The third kappa shape index (κ3) is 2.97. The molecule has 0 spiro atoms. The zero-order valence-corrected chi connectivity index (χ0v) is 8.12. The van der Waals surface area contributed by atoms with Crippen LogP contribution in [0.1, 0.15) is 6.92 Å². The van der Waals surface area contributed by atoms with Crippen LogP contribution in [0, 0.1) is 0 Å². The zero-order chi connectivity index (χ0) is 10.6. The van der Waals surface area contributed by atoms with Crippen molar-refractivity contribution in [1.82, 2.24) is 15.5 Å². The molecule has 1 fully saturated rings. The van der Waals surface area contributed by atoms with Crippen molar-refractivity contribution in [2.24, 2.45) is 0 Å². The molecule has 0 aromatic carbocycles. The number of nitrogens with zero attached hydrogens (tertiary/aromatic N) is 1. The van der Waals surface area contributed by atoms with Gasteiger partial charge in [-0.2, -0.15) is 0 Å². The number of aliphatic hydroxyl groups is 1. The highest BCUT2D eigenvalue weighted by molar-refractivity contribution is 6.01. The van der Waals surface area contributed by atoms with Gasteiger partial charge in [0.2, 0.25) is 5.91 Å². The Balaban J connectivity index is 2.17. The highest BCUT2D eigenvalue weighted by Crippen LogP contribution is 1.96. The summed E-state index contributed by atoms with van der Waals surface area (Å²) >= 11 is 0. The van der Waals surface area contributed by atoms with Gasteiger partial charge in [-0.1, -0.05) is 0 Å². The number of carbonyl (C=O) groups is 2. The van der Waals surface area contributed by atoms with Crippen molar-refractivity contribution in [3.63, 3.8) is 0 Å². The van der Waals surface area contributed by atoms with E-state index in [1.54, 1.807) is 6.92 Å². The number of hydrogen-bond donors (Lipinski definition) is 3. The molecular formula is C8H15N3O3. The van der Waals surface area contributed by atoms with Crippen molar-refractivity contribution in [1.29, 1.82) is 0 Å². The van der Waals surface area contributed by atoms with Crippen LogP contribution in [-0.4, -0.2) is 54.2 Å². The van der Waals surface area contributed by atoms with E-state index >= 15 is 0 Å². The van der Waals surface area contributed by atoms with Crippen molar-refractivity contribution in [3.8, 4) is 0 Å². The minimum atomic E-state index is -0.418. The summed E-state index contributed by atoms with van der Waals surface area (Å²) in [4.78, 5) is 23.3. The van der Waals surface area contributed by atoms with E-state index in [-0.39, 0.29) is 18.5 Å². The number of rotatable bonds is 5. The van der Waals surface area contributed by atoms with E-state index in [0.717, 1.165) is 4.90 Å². The summed E-state index contributed by atoms with van der Waals surface area (Å²) < 4.78 is 0. The van der Waals surface area contributed by atoms with Crippen LogP contribution in [0.5, 0.6) is 0 Å². The summed E-state index contributed by atoms with van der Waals surface area (Å²) in [5, 5.41) is 14.3. The Kier molecular flexibility index (Phi) is 3.84. The molecule has 1 aliphatic rings. The molecule has 80 valence electrons. The zero-order valence-electron chi connectivity index (χ0n) is 8.12. The van der Waals surface area contributed by atoms with Gasteiger partial charge in [-0.15, -0.1) is 0 Å². The lowest BCUT2D eigenvalue weighted by atomic mass is 10.4. The number of urea groups is 1. The lowest BCUT2D eigenvalue weighted by Gasteiger charge is -2.13. The molecule has 1 rings (SSSR count). The van der Waals surface area contributed by atoms with Crippen LogP contribution in [-0.2, 0) is 4.79 Å². The van der Waals surface area contributed by atoms with Gasteiger partial charge in [-0.05, 0) is 6.92 Å². The van der Waals surface area contributed by atoms with Crippen LogP contribution in [0.4, 0.5) is 4.79 Å². The van der Waals surface area contributed by atoms with E-state index in [9.17, 15) is 9.59 Å². The minimum absolute atomic E-state index is 0.0925. The van der Waals surface area contributed by atoms with Crippen LogP contribution in [0.2, 0.25) is 0 Å². The standard InChI is InChI=1S/C8H15N3O3/c1-6(12)4-9-2-3-11-7(13)5-10-8(11)14/h6,9,12H,2-5H2,1H3,(H,10,14). The van der Waals surface area contributed by atoms with Crippen molar-refractivity contribution >= 4 is 11.9 Å². The van der Waals surface area contributed by atoms with E-state index in [0.29, 0.717) is 19.6 Å². The molecule has 6 nitrogen and oxygen atoms in total. The van der Waals surface area contributed by atoms with Crippen molar-refractivity contribution < 1.29 is 14.7 Å². The lowest BCUT2D eigenvalue weighted by molar-refractivity contribution is -0.124. The van der Waals surface area contributed by atoms with Crippen LogP contribution in [0.25, 0.3) is 0 Å². The van der Waals surface area contributed by atoms with E-state index in [1.165, 1.54) is 0 Å². The molecular weight excluding hydrogens is 186 g/mol. The third-order valence-electron chi connectivity index (χ3n) is 1.89. The number of imide groups is 1. The second kappa shape index (κ2) is 4.92. The smallest absolute Gasteiger partial charge is 0.324 e. The van der Waals surface area contributed by atoms with Crippen molar-refractivity contribution in [2.45, 2.75) is 13.0 Å². The van der Waals surface area contributed by atoms with Crippen LogP contribution in [0.3, 0.4) is 0 Å². The van der Waals surface area contributed by atoms with Gasteiger partial charge in [-0.3, -0.25) is 9.69 Å². The molecule has 1 saturated heterocycles. The Morgan fingerprint density at radius 3 is 2.86 bits per heavy atom. The van der Waals surface area contributed by atoms with Crippen molar-refractivity contribution in [3.05, 3.63) is 0 Å². The van der Waals surface area contributed by atoms with Gasteiger partial charge in [0.05, 0.1) is 12.6 Å². The van der Waals surface area contributed by atoms with Crippen LogP contribution >= 0.6 is 0 Å². The largest absolute Gasteiger partial charge is 0.392 e. The molecule has 0 saturated carbocycles. The van der Waals surface area contributed by atoms with Gasteiger partial charge in [0.1, 0.15) is 0 Å². The average molecular weight is 201 g/mol. The first kappa shape index (κ1) is 10.9. The van der Waals surface area contributed by atoms with Gasteiger partial charge >= 0.3 is 6.03 Å². The first-order valence-corrected chi connectivity index (χ1v) is 4.58. The number of hydrogen-bond acceptors (Lipinski definition) is 4. The average Bonchev–Trinajstić information content (AvgIpc) is 2.42. The number of carbonyl (C=O) groups excluding carboxylic acids is 2. The van der Waals surface area contributed by atoms with E-state index in [4.69, 9.17) is 5.11 Å². The molecule has 1 unspecified atom stereocenters. The highest BCUT2D eigenvalue weighted by atomic mass is 16.3. The Labute approximate surface area is 82.3 Å². The maximum Gasteiger partial charge on any atom is 0.324 e. The van der Waals surface area contributed by atoms with Crippen LogP contribution < -0.4 is 10.6 Å². The third-order valence-corrected chi connectivity index (χ3v) is 1.89. The first-order chi connectivity index (χ1) is 6.61. The number of amides is 3. The predicted octanol–water partition coefficient (Wildman–Crippen LogP) is -1.49. The first-order valence-electron chi connectivity index (χ1n) is 4.58. The molecule has 14 heavy (non-hydrogen) atoms. The SMILES string of the molecule is CC(O)CNCCN1C(=O)CNC1=O. The van der Waals surface area contributed by atoms with Gasteiger partial charge in [-0.25, -0.2) is 4.79 Å². The summed E-state index contributed by atoms with van der Waals surface area (Å²) in [5.74, 6) is -0.200. The second-order valence-corrected chi connectivity index (χ2v) is 3.26. The molecule has 0 bridgehead atoms. The Bertz CT molecular complexity index is 214. The van der Waals surface area contributed by atoms with E-state index in [1.807, 2.05) is 0 Å². The summed E-state index contributed by atoms with van der Waals surface area (Å²) in [5.41, 5.74) is 0. The Morgan fingerprint density at radius 2 is 2.36 bits per heavy atom. The van der Waals surface area contributed by atoms with Gasteiger partial charge in [0, 0.05) is 19.6 Å². The summed E-state index contributed by atoms with van der Waals surface area (Å²) in [6.45, 7) is 3.07. The fourth-order valence-corrected chi connectivity index (χ4v) is 1.18. The molecule has 3 N–H and O–H groups in total. The van der Waals surface area contributed by atoms with Crippen molar-refractivity contribution in [2.75, 3.05) is 26.2 Å². The van der Waals surface area contributed by atoms with Gasteiger partial charge < -0.3 is 15.7 Å². The fourth-order valence-electron chi connectivity index (χ4n) is 1.18. The second-order valence-electron chi connectivity index (χ2n) is 3.26. The number of aliphatic hydroxyl groups excluding tert-OH is 1. The maximum atomic E-state index is 11.1. The molecule has 1 atom stereocenters. The monoisotopic (exact) mass is 201 g/mol. The normalized spacial score (nSPS) is 18.6. The quantitative estimate of drug-likeness (QED) is 0.374. The molecule has 0 aliphatic carbocycles.